The highest BCUT2D eigenvalue weighted by atomic mass is 32.2. The predicted octanol–water partition coefficient (Wildman–Crippen LogP) is 2.61. The van der Waals surface area contributed by atoms with E-state index in [0.717, 1.165) is 5.56 Å². The minimum atomic E-state index is -3.49. The standard InChI is InChI=1S/C21H26N2O5S/c1-4-23(5-2)29(26,27)20-12-6-17(7-13-20)14-22-21(25)15-28-19-10-8-18(9-11-19)16(3)24/h6-13H,4-5,14-15H2,1-3H3,(H,22,25). The largest absolute Gasteiger partial charge is 0.484 e. The number of amides is 1. The van der Waals surface area contributed by atoms with E-state index < -0.39 is 10.0 Å². The molecular formula is C21H26N2O5S. The van der Waals surface area contributed by atoms with Gasteiger partial charge in [-0.15, -0.1) is 0 Å². The van der Waals surface area contributed by atoms with Crippen LogP contribution in [0.4, 0.5) is 0 Å². The lowest BCUT2D eigenvalue weighted by molar-refractivity contribution is -0.123. The minimum Gasteiger partial charge on any atom is -0.484 e. The SMILES string of the molecule is CCN(CC)S(=O)(=O)c1ccc(CNC(=O)COc2ccc(C(C)=O)cc2)cc1. The number of sulfonamides is 1. The highest BCUT2D eigenvalue weighted by Crippen LogP contribution is 2.16. The number of hydrogen-bond acceptors (Lipinski definition) is 5. The molecular weight excluding hydrogens is 392 g/mol. The van der Waals surface area contributed by atoms with E-state index in [4.69, 9.17) is 4.74 Å². The fourth-order valence-electron chi connectivity index (χ4n) is 2.68. The normalized spacial score (nSPS) is 11.3. The summed E-state index contributed by atoms with van der Waals surface area (Å²) in [5.41, 5.74) is 1.36. The van der Waals surface area contributed by atoms with Gasteiger partial charge in [0.2, 0.25) is 10.0 Å². The summed E-state index contributed by atoms with van der Waals surface area (Å²) in [5.74, 6) is 0.154. The van der Waals surface area contributed by atoms with Gasteiger partial charge < -0.3 is 10.1 Å². The summed E-state index contributed by atoms with van der Waals surface area (Å²) in [4.78, 5) is 23.4. The third-order valence-electron chi connectivity index (χ3n) is 4.39. The number of ketones is 1. The Bertz CT molecular complexity index is 934. The van der Waals surface area contributed by atoms with Gasteiger partial charge in [0.25, 0.3) is 5.91 Å². The molecule has 0 bridgehead atoms. The molecule has 0 saturated heterocycles. The van der Waals surface area contributed by atoms with Gasteiger partial charge in [0, 0.05) is 25.2 Å². The summed E-state index contributed by atoms with van der Waals surface area (Å²) in [5, 5.41) is 2.72. The molecule has 2 aromatic carbocycles. The van der Waals surface area contributed by atoms with Crippen LogP contribution in [0.1, 0.15) is 36.7 Å². The topological polar surface area (TPSA) is 92.8 Å². The smallest absolute Gasteiger partial charge is 0.258 e. The van der Waals surface area contributed by atoms with Gasteiger partial charge in [-0.2, -0.15) is 4.31 Å². The van der Waals surface area contributed by atoms with Gasteiger partial charge in [0.15, 0.2) is 12.4 Å². The number of ether oxygens (including phenoxy) is 1. The summed E-state index contributed by atoms with van der Waals surface area (Å²) >= 11 is 0. The first-order valence-corrected chi connectivity index (χ1v) is 10.8. The van der Waals surface area contributed by atoms with Crippen molar-refractivity contribution in [1.29, 1.82) is 0 Å². The number of carbonyl (C=O) groups is 2. The Morgan fingerprint density at radius 1 is 0.966 bits per heavy atom. The number of nitrogens with zero attached hydrogens (tertiary/aromatic N) is 1. The van der Waals surface area contributed by atoms with E-state index >= 15 is 0 Å². The van der Waals surface area contributed by atoms with Gasteiger partial charge in [-0.1, -0.05) is 26.0 Å². The molecule has 0 aliphatic heterocycles. The molecule has 0 spiro atoms. The second kappa shape index (κ2) is 10.2. The lowest BCUT2D eigenvalue weighted by Gasteiger charge is -2.18. The molecule has 7 nitrogen and oxygen atoms in total. The summed E-state index contributed by atoms with van der Waals surface area (Å²) in [6.07, 6.45) is 0. The fourth-order valence-corrected chi connectivity index (χ4v) is 4.14. The lowest BCUT2D eigenvalue weighted by atomic mass is 10.1. The van der Waals surface area contributed by atoms with Gasteiger partial charge in [0.1, 0.15) is 5.75 Å². The van der Waals surface area contributed by atoms with E-state index in [2.05, 4.69) is 5.32 Å². The average molecular weight is 419 g/mol. The van der Waals surface area contributed by atoms with Crippen molar-refractivity contribution >= 4 is 21.7 Å². The number of Topliss-reactive ketones (excluding diaryl/α,β-unsaturated/α-hetero) is 1. The van der Waals surface area contributed by atoms with Crippen LogP contribution in [0, 0.1) is 0 Å². The van der Waals surface area contributed by atoms with Crippen molar-refractivity contribution in [3.8, 4) is 5.75 Å². The summed E-state index contributed by atoms with van der Waals surface area (Å²) in [7, 11) is -3.49. The number of rotatable bonds is 10. The highest BCUT2D eigenvalue weighted by molar-refractivity contribution is 7.89. The first-order chi connectivity index (χ1) is 13.8. The molecule has 156 valence electrons. The summed E-state index contributed by atoms with van der Waals surface area (Å²) in [6.45, 7) is 6.00. The first-order valence-electron chi connectivity index (χ1n) is 9.37. The Labute approximate surface area is 171 Å². The van der Waals surface area contributed by atoms with Crippen LogP contribution in [0.2, 0.25) is 0 Å². The minimum absolute atomic E-state index is 0.0368. The molecule has 0 aromatic heterocycles. The quantitative estimate of drug-likeness (QED) is 0.599. The fraction of sp³-hybridized carbons (Fsp3) is 0.333. The van der Waals surface area contributed by atoms with Gasteiger partial charge in [0.05, 0.1) is 4.90 Å². The van der Waals surface area contributed by atoms with E-state index in [1.807, 2.05) is 0 Å². The van der Waals surface area contributed by atoms with Crippen LogP contribution in [0.3, 0.4) is 0 Å². The molecule has 29 heavy (non-hydrogen) atoms. The molecule has 0 saturated carbocycles. The van der Waals surface area contributed by atoms with Crippen molar-refractivity contribution in [3.05, 3.63) is 59.7 Å². The van der Waals surface area contributed by atoms with Crippen LogP contribution in [0.5, 0.6) is 5.75 Å². The second-order valence-corrected chi connectivity index (χ2v) is 8.32. The van der Waals surface area contributed by atoms with Gasteiger partial charge in [-0.05, 0) is 48.9 Å². The molecule has 2 aromatic rings. The molecule has 0 aliphatic carbocycles. The van der Waals surface area contributed by atoms with Gasteiger partial charge >= 0.3 is 0 Å². The zero-order chi connectivity index (χ0) is 21.4. The summed E-state index contributed by atoms with van der Waals surface area (Å²) in [6, 6.07) is 13.0. The van der Waals surface area contributed by atoms with Crippen molar-refractivity contribution in [1.82, 2.24) is 9.62 Å². The Morgan fingerprint density at radius 2 is 1.55 bits per heavy atom. The molecule has 0 radical (unpaired) electrons. The van der Waals surface area contributed by atoms with Crippen LogP contribution < -0.4 is 10.1 Å². The Morgan fingerprint density at radius 3 is 2.07 bits per heavy atom. The number of hydrogen-bond donors (Lipinski definition) is 1. The molecule has 0 fully saturated rings. The first kappa shape index (κ1) is 22.6. The number of nitrogens with one attached hydrogen (secondary N) is 1. The molecule has 2 rings (SSSR count). The second-order valence-electron chi connectivity index (χ2n) is 6.38. The van der Waals surface area contributed by atoms with E-state index in [0.29, 0.717) is 24.4 Å². The number of benzene rings is 2. The van der Waals surface area contributed by atoms with Crippen molar-refractivity contribution in [2.45, 2.75) is 32.2 Å². The van der Waals surface area contributed by atoms with E-state index in [9.17, 15) is 18.0 Å². The Hall–Kier alpha value is -2.71. The highest BCUT2D eigenvalue weighted by Gasteiger charge is 2.21. The van der Waals surface area contributed by atoms with E-state index in [-0.39, 0.29) is 29.7 Å². The van der Waals surface area contributed by atoms with Gasteiger partial charge in [-0.25, -0.2) is 8.42 Å². The van der Waals surface area contributed by atoms with Crippen LogP contribution in [-0.4, -0.2) is 44.1 Å². The Balaban J connectivity index is 1.86. The van der Waals surface area contributed by atoms with Gasteiger partial charge in [-0.3, -0.25) is 9.59 Å². The Kier molecular flexibility index (Phi) is 7.92. The maximum Gasteiger partial charge on any atom is 0.258 e. The molecule has 1 amide bonds. The number of carbonyl (C=O) groups excluding carboxylic acids is 2. The van der Waals surface area contributed by atoms with Crippen LogP contribution >= 0.6 is 0 Å². The van der Waals surface area contributed by atoms with Crippen molar-refractivity contribution in [2.24, 2.45) is 0 Å². The molecule has 0 heterocycles. The molecule has 8 heteroatoms. The molecule has 0 aliphatic rings. The maximum atomic E-state index is 12.5. The van der Waals surface area contributed by atoms with Crippen molar-refractivity contribution < 1.29 is 22.7 Å². The third-order valence-corrected chi connectivity index (χ3v) is 6.45. The van der Waals surface area contributed by atoms with Crippen molar-refractivity contribution in [2.75, 3.05) is 19.7 Å². The van der Waals surface area contributed by atoms with Crippen LogP contribution in [0.25, 0.3) is 0 Å². The summed E-state index contributed by atoms with van der Waals surface area (Å²) < 4.78 is 31.7. The van der Waals surface area contributed by atoms with E-state index in [1.54, 1.807) is 62.4 Å². The molecule has 0 unspecified atom stereocenters. The van der Waals surface area contributed by atoms with E-state index in [1.165, 1.54) is 11.2 Å². The average Bonchev–Trinajstić information content (AvgIpc) is 2.72. The monoisotopic (exact) mass is 418 g/mol. The maximum absolute atomic E-state index is 12.5. The predicted molar refractivity (Wildman–Crippen MR) is 110 cm³/mol. The zero-order valence-corrected chi connectivity index (χ0v) is 17.7. The lowest BCUT2D eigenvalue weighted by Crippen LogP contribution is -2.30. The molecule has 0 atom stereocenters. The third kappa shape index (κ3) is 6.13. The molecule has 1 N–H and O–H groups in total. The van der Waals surface area contributed by atoms with Crippen LogP contribution in [-0.2, 0) is 21.4 Å². The van der Waals surface area contributed by atoms with Crippen molar-refractivity contribution in [3.63, 3.8) is 0 Å². The van der Waals surface area contributed by atoms with Crippen LogP contribution in [0.15, 0.2) is 53.4 Å². The zero-order valence-electron chi connectivity index (χ0n) is 16.8.